The minimum absolute atomic E-state index is 0.0994. The van der Waals surface area contributed by atoms with E-state index in [4.69, 9.17) is 16.4 Å². The van der Waals surface area contributed by atoms with Crippen LogP contribution in [-0.2, 0) is 29.3 Å². The molecule has 4 aliphatic rings. The van der Waals surface area contributed by atoms with E-state index in [1.165, 1.54) is 12.0 Å². The summed E-state index contributed by atoms with van der Waals surface area (Å²) < 4.78 is 0. The predicted octanol–water partition coefficient (Wildman–Crippen LogP) is 5.98. The van der Waals surface area contributed by atoms with Gasteiger partial charge in [0.25, 0.3) is 0 Å². The van der Waals surface area contributed by atoms with Crippen molar-refractivity contribution in [2.24, 2.45) is 35.0 Å². The molecule has 3 N–H and O–H groups in total. The Hall–Kier alpha value is -2.04. The summed E-state index contributed by atoms with van der Waals surface area (Å²) in [6, 6.07) is 16.3. The second kappa shape index (κ2) is 16.1. The fourth-order valence-corrected chi connectivity index (χ4v) is 9.38. The van der Waals surface area contributed by atoms with Crippen molar-refractivity contribution in [2.45, 2.75) is 111 Å². The van der Waals surface area contributed by atoms with Crippen LogP contribution in [0.15, 0.2) is 48.5 Å². The van der Waals surface area contributed by atoms with E-state index in [-0.39, 0.29) is 18.6 Å². The summed E-state index contributed by atoms with van der Waals surface area (Å²) in [4.78, 5) is 25.2. The summed E-state index contributed by atoms with van der Waals surface area (Å²) in [5.41, 5.74) is 3.61. The van der Waals surface area contributed by atoms with Gasteiger partial charge in [-0.3, -0.25) is 14.5 Å². The fourth-order valence-electron chi connectivity index (χ4n) is 9.19. The molecule has 0 spiro atoms. The van der Waals surface area contributed by atoms with Crippen molar-refractivity contribution in [1.82, 2.24) is 20.2 Å². The third-order valence-electron chi connectivity index (χ3n) is 11.9. The molecule has 0 unspecified atom stereocenters. The molecule has 3 saturated carbocycles. The zero-order valence-electron chi connectivity index (χ0n) is 31.0. The molecule has 9 atom stereocenters. The summed E-state index contributed by atoms with van der Waals surface area (Å²) in [5.74, 6) is 1.47. The molecule has 2 aromatic rings. The number of halogens is 1. The van der Waals surface area contributed by atoms with Gasteiger partial charge in [0.05, 0.1) is 19.3 Å². The lowest BCUT2D eigenvalue weighted by atomic mass is 9.45. The molecule has 3 aliphatic carbocycles. The quantitative estimate of drug-likeness (QED) is 0.211. The van der Waals surface area contributed by atoms with Crippen molar-refractivity contribution in [2.75, 3.05) is 27.2 Å². The lowest BCUT2D eigenvalue weighted by Gasteiger charge is -2.62. The largest absolute Gasteiger partial charge is 0.394 e. The number of fused-ring (bicyclic) bond motifs is 2. The van der Waals surface area contributed by atoms with E-state index in [1.807, 2.05) is 18.2 Å². The normalized spacial score (nSPS) is 29.3. The Morgan fingerprint density at radius 3 is 2.41 bits per heavy atom. The number of benzene rings is 2. The van der Waals surface area contributed by atoms with Gasteiger partial charge in [0, 0.05) is 42.7 Å². The molecule has 272 valence electrons. The van der Waals surface area contributed by atoms with Crippen LogP contribution < -0.4 is 5.32 Å². The number of hydrogen-bond donors (Lipinski definition) is 3. The molecule has 1 saturated heterocycles. The van der Waals surface area contributed by atoms with Crippen LogP contribution >= 0.6 is 11.6 Å². The molecule has 0 radical (unpaired) electrons. The topological polar surface area (TPSA) is 88.5 Å². The first-order valence-electron chi connectivity index (χ1n) is 18.4. The fraction of sp³-hybridized carbons (Fsp3) is 0.675. The van der Waals surface area contributed by atoms with Gasteiger partial charge in [-0.1, -0.05) is 88.7 Å². The first kappa shape index (κ1) is 38.2. The number of likely N-dealkylation sites (N-methyl/N-ethyl adjacent to an activating group) is 1. The second-order valence-corrected chi connectivity index (χ2v) is 17.0. The third kappa shape index (κ3) is 8.71. The Morgan fingerprint density at radius 1 is 1.08 bits per heavy atom. The van der Waals surface area contributed by atoms with E-state index in [2.05, 4.69) is 94.2 Å². The minimum Gasteiger partial charge on any atom is -0.394 e. The molecular weight excluding hydrogens is 636 g/mol. The lowest BCUT2D eigenvalue weighted by molar-refractivity contribution is -0.183. The van der Waals surface area contributed by atoms with Crippen molar-refractivity contribution >= 4 is 17.5 Å². The van der Waals surface area contributed by atoms with E-state index >= 15 is 0 Å². The Bertz CT molecular complexity index is 1390. The maximum atomic E-state index is 14.1. The molecule has 6 rings (SSSR count). The molecular formula is C40H61ClN4O4. The second-order valence-electron chi connectivity index (χ2n) is 16.6. The zero-order valence-corrected chi connectivity index (χ0v) is 31.7. The number of nitrogens with one attached hydrogen (secondary N) is 1. The van der Waals surface area contributed by atoms with Crippen LogP contribution in [0.25, 0.3) is 0 Å². The average Bonchev–Trinajstić information content (AvgIpc) is 3.40. The number of nitrogens with zero attached hydrogens (tertiary/aromatic N) is 3. The first-order valence-corrected chi connectivity index (χ1v) is 18.8. The van der Waals surface area contributed by atoms with E-state index < -0.39 is 24.2 Å². The summed E-state index contributed by atoms with van der Waals surface area (Å²) in [6.45, 7) is 15.7. The van der Waals surface area contributed by atoms with Crippen molar-refractivity contribution in [3.05, 3.63) is 70.2 Å². The number of hydrogen-bond acceptors (Lipinski definition) is 7. The van der Waals surface area contributed by atoms with E-state index in [0.29, 0.717) is 41.7 Å². The Balaban J connectivity index is 1.36. The van der Waals surface area contributed by atoms with Gasteiger partial charge in [-0.25, -0.2) is 0 Å². The smallest absolute Gasteiger partial charge is 0.240 e. The zero-order chi connectivity index (χ0) is 35.6. The first-order chi connectivity index (χ1) is 23.2. The van der Waals surface area contributed by atoms with Crippen LogP contribution in [-0.4, -0.2) is 88.6 Å². The molecule has 1 amide bonds. The van der Waals surface area contributed by atoms with Crippen molar-refractivity contribution in [3.63, 3.8) is 0 Å². The Kier molecular flexibility index (Phi) is 12.6. The highest BCUT2D eigenvalue weighted by Crippen LogP contribution is 2.61. The number of amides is 1. The van der Waals surface area contributed by atoms with Gasteiger partial charge in [0.1, 0.15) is 12.1 Å². The molecule has 2 aromatic carbocycles. The SMILES string of the molecule is CC(C)C[C@@H](CN(C)C)N(Cc1cccc(CN2O[C@@H](CO)[C@@H]([C@H](C)O)[C@H]2C(=O)N[C@H]2C[C@@H]3C[C@H]([C@@H]2C)C3(C)C)c1)Cc1ccccc1Cl. The molecule has 9 heteroatoms. The number of rotatable bonds is 15. The summed E-state index contributed by atoms with van der Waals surface area (Å²) in [5, 5.41) is 27.0. The van der Waals surface area contributed by atoms with Crippen molar-refractivity contribution in [1.29, 1.82) is 0 Å². The van der Waals surface area contributed by atoms with Crippen LogP contribution in [0.5, 0.6) is 0 Å². The van der Waals surface area contributed by atoms with E-state index in [1.54, 1.807) is 12.0 Å². The molecule has 49 heavy (non-hydrogen) atoms. The maximum Gasteiger partial charge on any atom is 0.240 e. The van der Waals surface area contributed by atoms with Gasteiger partial charge >= 0.3 is 0 Å². The van der Waals surface area contributed by atoms with Crippen LogP contribution in [0, 0.1) is 35.0 Å². The third-order valence-corrected chi connectivity index (χ3v) is 12.3. The predicted molar refractivity (Wildman–Crippen MR) is 196 cm³/mol. The standard InChI is InChI=1S/C40H61ClN4O4/c1-25(2)16-32(23-43(7)8)44(22-30-14-9-10-15-34(30)41)20-28-12-11-13-29(17-28)21-45-38(37(27(4)47)36(24-46)49-45)39(48)42-35-19-31-18-33(26(35)3)40(31,5)6/h9-15,17,25-27,31-33,35-38,46-47H,16,18-24H2,1-8H3,(H,42,48)/t26-,27-,31-,32-,33+,35-,36-,37+,38-/m0/s1. The Labute approximate surface area is 300 Å². The van der Waals surface area contributed by atoms with Gasteiger partial charge in [0.2, 0.25) is 5.91 Å². The van der Waals surface area contributed by atoms with Crippen molar-refractivity contribution in [3.8, 4) is 0 Å². The average molecular weight is 697 g/mol. The lowest BCUT2D eigenvalue weighted by Crippen LogP contribution is -2.62. The molecule has 1 heterocycles. The van der Waals surface area contributed by atoms with E-state index in [0.717, 1.165) is 48.6 Å². The van der Waals surface area contributed by atoms with Gasteiger partial charge < -0.3 is 20.4 Å². The maximum absolute atomic E-state index is 14.1. The van der Waals surface area contributed by atoms with Gasteiger partial charge in [0.15, 0.2) is 0 Å². The number of carbonyl (C=O) groups is 1. The van der Waals surface area contributed by atoms with Crippen molar-refractivity contribution < 1.29 is 19.8 Å². The van der Waals surface area contributed by atoms with Crippen LogP contribution in [0.4, 0.5) is 0 Å². The summed E-state index contributed by atoms with van der Waals surface area (Å²) in [6.07, 6.45) is 1.78. The number of hydroxylamine groups is 2. The number of aliphatic hydroxyl groups is 2. The van der Waals surface area contributed by atoms with Gasteiger partial charge in [-0.15, -0.1) is 0 Å². The highest BCUT2D eigenvalue weighted by molar-refractivity contribution is 6.31. The molecule has 4 fully saturated rings. The summed E-state index contributed by atoms with van der Waals surface area (Å²) >= 11 is 6.67. The van der Waals surface area contributed by atoms with Crippen LogP contribution in [0.1, 0.15) is 77.5 Å². The van der Waals surface area contributed by atoms with Gasteiger partial charge in [-0.2, -0.15) is 5.06 Å². The molecule has 0 aromatic heterocycles. The Morgan fingerprint density at radius 2 is 1.80 bits per heavy atom. The summed E-state index contributed by atoms with van der Waals surface area (Å²) in [7, 11) is 4.26. The van der Waals surface area contributed by atoms with E-state index in [9.17, 15) is 15.0 Å². The number of carbonyl (C=O) groups excluding carboxylic acids is 1. The van der Waals surface area contributed by atoms with Gasteiger partial charge in [-0.05, 0) is 92.1 Å². The number of aliphatic hydroxyl groups excluding tert-OH is 2. The van der Waals surface area contributed by atoms with Crippen LogP contribution in [0.3, 0.4) is 0 Å². The molecule has 1 aliphatic heterocycles. The monoisotopic (exact) mass is 696 g/mol. The van der Waals surface area contributed by atoms with Crippen LogP contribution in [0.2, 0.25) is 5.02 Å². The highest BCUT2D eigenvalue weighted by atomic mass is 35.5. The molecule has 8 nitrogen and oxygen atoms in total. The highest BCUT2D eigenvalue weighted by Gasteiger charge is 2.57. The minimum atomic E-state index is -0.826. The molecule has 2 bridgehead atoms.